The molecule has 3 aromatic rings. The van der Waals surface area contributed by atoms with Crippen LogP contribution in [0, 0.1) is 9.39 Å². The maximum absolute atomic E-state index is 13.9. The van der Waals surface area contributed by atoms with Gasteiger partial charge in [-0.05, 0) is 40.8 Å². The number of halogens is 3. The van der Waals surface area contributed by atoms with Crippen LogP contribution in [0.4, 0.5) is 4.39 Å². The van der Waals surface area contributed by atoms with Gasteiger partial charge in [-0.25, -0.2) is 14.1 Å². The van der Waals surface area contributed by atoms with E-state index in [1.807, 2.05) is 24.3 Å². The van der Waals surface area contributed by atoms with Crippen LogP contribution in [0.25, 0.3) is 11.4 Å². The third-order valence-electron chi connectivity index (χ3n) is 2.98. The molecule has 0 radical (unpaired) electrons. The molecule has 0 saturated carbocycles. The van der Waals surface area contributed by atoms with Gasteiger partial charge in [-0.2, -0.15) is 5.10 Å². The van der Waals surface area contributed by atoms with Gasteiger partial charge in [0.15, 0.2) is 5.82 Å². The second-order valence-corrected chi connectivity index (χ2v) is 6.14. The first-order chi connectivity index (χ1) is 10.1. The SMILES string of the molecule is Fc1c(Cl)cccc1Cn1cnc(-c2cccc(I)c2)n1. The number of rotatable bonds is 3. The van der Waals surface area contributed by atoms with Gasteiger partial charge in [0.05, 0.1) is 11.6 Å². The van der Waals surface area contributed by atoms with Crippen molar-refractivity contribution in [3.63, 3.8) is 0 Å². The largest absolute Gasteiger partial charge is 0.248 e. The molecule has 6 heteroatoms. The second kappa shape index (κ2) is 6.11. The summed E-state index contributed by atoms with van der Waals surface area (Å²) in [6, 6.07) is 12.8. The molecule has 3 rings (SSSR count). The molecule has 0 spiro atoms. The van der Waals surface area contributed by atoms with Gasteiger partial charge < -0.3 is 0 Å². The Labute approximate surface area is 139 Å². The smallest absolute Gasteiger partial charge is 0.181 e. The maximum Gasteiger partial charge on any atom is 0.181 e. The maximum atomic E-state index is 13.9. The molecular weight excluding hydrogens is 404 g/mol. The van der Waals surface area contributed by atoms with Crippen molar-refractivity contribution in [1.82, 2.24) is 14.8 Å². The monoisotopic (exact) mass is 413 g/mol. The van der Waals surface area contributed by atoms with E-state index in [1.54, 1.807) is 23.1 Å². The topological polar surface area (TPSA) is 30.7 Å². The van der Waals surface area contributed by atoms with E-state index < -0.39 is 5.82 Å². The van der Waals surface area contributed by atoms with Crippen LogP contribution in [0.3, 0.4) is 0 Å². The second-order valence-electron chi connectivity index (χ2n) is 4.49. The van der Waals surface area contributed by atoms with E-state index in [0.29, 0.717) is 17.9 Å². The van der Waals surface area contributed by atoms with Gasteiger partial charge in [0.2, 0.25) is 0 Å². The van der Waals surface area contributed by atoms with Crippen LogP contribution in [-0.4, -0.2) is 14.8 Å². The van der Waals surface area contributed by atoms with E-state index >= 15 is 0 Å². The van der Waals surface area contributed by atoms with Gasteiger partial charge in [0.25, 0.3) is 0 Å². The highest BCUT2D eigenvalue weighted by molar-refractivity contribution is 14.1. The van der Waals surface area contributed by atoms with Crippen LogP contribution in [0.2, 0.25) is 5.02 Å². The van der Waals surface area contributed by atoms with Crippen LogP contribution in [0.5, 0.6) is 0 Å². The van der Waals surface area contributed by atoms with Crippen molar-refractivity contribution in [1.29, 1.82) is 0 Å². The Kier molecular flexibility index (Phi) is 4.21. The number of nitrogens with zero attached hydrogens (tertiary/aromatic N) is 3. The minimum Gasteiger partial charge on any atom is -0.248 e. The average Bonchev–Trinajstić information content (AvgIpc) is 2.93. The summed E-state index contributed by atoms with van der Waals surface area (Å²) < 4.78 is 16.6. The molecule has 21 heavy (non-hydrogen) atoms. The predicted molar refractivity (Wildman–Crippen MR) is 88.7 cm³/mol. The molecule has 0 aliphatic heterocycles. The highest BCUT2D eigenvalue weighted by Gasteiger charge is 2.09. The number of hydrogen-bond donors (Lipinski definition) is 0. The Morgan fingerprint density at radius 3 is 2.81 bits per heavy atom. The minimum absolute atomic E-state index is 0.116. The Morgan fingerprint density at radius 2 is 2.00 bits per heavy atom. The summed E-state index contributed by atoms with van der Waals surface area (Å²) in [5.41, 5.74) is 1.42. The predicted octanol–water partition coefficient (Wildman–Crippen LogP) is 4.39. The Morgan fingerprint density at radius 1 is 1.19 bits per heavy atom. The standard InChI is InChI=1S/C15H10ClFIN3/c16-13-6-2-4-11(14(13)17)8-21-9-19-15(20-21)10-3-1-5-12(18)7-10/h1-7,9H,8H2. The lowest BCUT2D eigenvalue weighted by Gasteiger charge is -2.04. The normalized spacial score (nSPS) is 10.8. The molecule has 0 aliphatic carbocycles. The Balaban J connectivity index is 1.87. The molecule has 106 valence electrons. The summed E-state index contributed by atoms with van der Waals surface area (Å²) >= 11 is 8.02. The summed E-state index contributed by atoms with van der Waals surface area (Å²) in [5.74, 6) is 0.210. The zero-order valence-corrected chi connectivity index (χ0v) is 13.7. The number of benzene rings is 2. The van der Waals surface area contributed by atoms with Crippen LogP contribution in [0.1, 0.15) is 5.56 Å². The fourth-order valence-electron chi connectivity index (χ4n) is 1.98. The van der Waals surface area contributed by atoms with Crippen molar-refractivity contribution < 1.29 is 4.39 Å². The molecule has 0 amide bonds. The third kappa shape index (κ3) is 3.24. The molecule has 0 bridgehead atoms. The first-order valence-corrected chi connectivity index (χ1v) is 7.67. The van der Waals surface area contributed by atoms with Crippen molar-refractivity contribution in [2.45, 2.75) is 6.54 Å². The van der Waals surface area contributed by atoms with Gasteiger partial charge in [-0.15, -0.1) is 0 Å². The van der Waals surface area contributed by atoms with Crippen molar-refractivity contribution in [2.24, 2.45) is 0 Å². The summed E-state index contributed by atoms with van der Waals surface area (Å²) in [6.07, 6.45) is 1.59. The highest BCUT2D eigenvalue weighted by atomic mass is 127. The lowest BCUT2D eigenvalue weighted by atomic mass is 10.2. The van der Waals surface area contributed by atoms with Crippen LogP contribution < -0.4 is 0 Å². The molecule has 1 heterocycles. The zero-order chi connectivity index (χ0) is 14.8. The van der Waals surface area contributed by atoms with E-state index in [-0.39, 0.29) is 5.02 Å². The number of aromatic nitrogens is 3. The quantitative estimate of drug-likeness (QED) is 0.596. The van der Waals surface area contributed by atoms with Gasteiger partial charge >= 0.3 is 0 Å². The van der Waals surface area contributed by atoms with E-state index in [0.717, 1.165) is 9.13 Å². The van der Waals surface area contributed by atoms with E-state index in [1.165, 1.54) is 6.07 Å². The van der Waals surface area contributed by atoms with E-state index in [2.05, 4.69) is 32.7 Å². The first kappa shape index (κ1) is 14.5. The highest BCUT2D eigenvalue weighted by Crippen LogP contribution is 2.20. The minimum atomic E-state index is -0.412. The van der Waals surface area contributed by atoms with Crippen LogP contribution in [-0.2, 0) is 6.54 Å². The average molecular weight is 414 g/mol. The van der Waals surface area contributed by atoms with Crippen molar-refractivity contribution >= 4 is 34.2 Å². The molecule has 0 unspecified atom stereocenters. The molecule has 3 nitrogen and oxygen atoms in total. The molecular formula is C15H10ClFIN3. The lowest BCUT2D eigenvalue weighted by Crippen LogP contribution is -2.03. The number of hydrogen-bond acceptors (Lipinski definition) is 2. The molecule has 1 aromatic heterocycles. The fourth-order valence-corrected chi connectivity index (χ4v) is 2.71. The molecule has 0 saturated heterocycles. The van der Waals surface area contributed by atoms with Crippen molar-refractivity contribution in [3.05, 3.63) is 68.8 Å². The van der Waals surface area contributed by atoms with Crippen molar-refractivity contribution in [3.8, 4) is 11.4 Å². The molecule has 0 fully saturated rings. The van der Waals surface area contributed by atoms with Crippen LogP contribution >= 0.6 is 34.2 Å². The molecule has 0 N–H and O–H groups in total. The van der Waals surface area contributed by atoms with Gasteiger partial charge in [0, 0.05) is 14.7 Å². The molecule has 2 aromatic carbocycles. The van der Waals surface area contributed by atoms with Gasteiger partial charge in [-0.3, -0.25) is 0 Å². The van der Waals surface area contributed by atoms with Crippen LogP contribution in [0.15, 0.2) is 48.8 Å². The van der Waals surface area contributed by atoms with Gasteiger partial charge in [0.1, 0.15) is 12.1 Å². The third-order valence-corrected chi connectivity index (χ3v) is 3.95. The zero-order valence-electron chi connectivity index (χ0n) is 10.8. The lowest BCUT2D eigenvalue weighted by molar-refractivity contribution is 0.585. The molecule has 0 atom stereocenters. The summed E-state index contributed by atoms with van der Waals surface area (Å²) in [5, 5.41) is 4.50. The summed E-state index contributed by atoms with van der Waals surface area (Å²) in [4.78, 5) is 4.27. The Hall–Kier alpha value is -1.47. The first-order valence-electron chi connectivity index (χ1n) is 6.22. The summed E-state index contributed by atoms with van der Waals surface area (Å²) in [6.45, 7) is 0.295. The van der Waals surface area contributed by atoms with Gasteiger partial charge in [-0.1, -0.05) is 35.9 Å². The Bertz CT molecular complexity index is 788. The summed E-state index contributed by atoms with van der Waals surface area (Å²) in [7, 11) is 0. The molecule has 0 aliphatic rings. The van der Waals surface area contributed by atoms with E-state index in [9.17, 15) is 4.39 Å². The van der Waals surface area contributed by atoms with E-state index in [4.69, 9.17) is 11.6 Å². The fraction of sp³-hybridized carbons (Fsp3) is 0.0667. The van der Waals surface area contributed by atoms with Crippen molar-refractivity contribution in [2.75, 3.05) is 0 Å².